The van der Waals surface area contributed by atoms with Crippen molar-refractivity contribution in [3.05, 3.63) is 42.0 Å². The van der Waals surface area contributed by atoms with Crippen molar-refractivity contribution in [1.82, 2.24) is 0 Å². The number of hydrogen-bond donors (Lipinski definition) is 0. The van der Waals surface area contributed by atoms with Crippen molar-refractivity contribution < 1.29 is 9.47 Å². The zero-order valence-electron chi connectivity index (χ0n) is 14.6. The SMILES string of the molecule is CCCCCCCC/C=C/CCc1cccc(OCC2CO2)c1. The summed E-state index contributed by atoms with van der Waals surface area (Å²) in [6, 6.07) is 8.45. The van der Waals surface area contributed by atoms with Crippen LogP contribution in [-0.2, 0) is 11.2 Å². The standard InChI is InChI=1S/C21H32O2/c1-2-3-4-5-6-7-8-9-10-11-13-19-14-12-15-20(16-19)22-17-21-18-23-21/h9-10,12,14-16,21H,2-8,11,13,17-18H2,1H3/b10-9+. The van der Waals surface area contributed by atoms with Gasteiger partial charge in [0, 0.05) is 0 Å². The monoisotopic (exact) mass is 316 g/mol. The van der Waals surface area contributed by atoms with Crippen molar-refractivity contribution in [3.63, 3.8) is 0 Å². The molecular formula is C21H32O2. The van der Waals surface area contributed by atoms with Gasteiger partial charge in [-0.3, -0.25) is 0 Å². The minimum Gasteiger partial charge on any atom is -0.491 e. The van der Waals surface area contributed by atoms with Crippen LogP contribution in [0.2, 0.25) is 0 Å². The third-order valence-corrected chi connectivity index (χ3v) is 4.23. The van der Waals surface area contributed by atoms with Gasteiger partial charge in [0.25, 0.3) is 0 Å². The molecule has 0 saturated carbocycles. The Morgan fingerprint density at radius 2 is 1.87 bits per heavy atom. The quantitative estimate of drug-likeness (QED) is 0.264. The van der Waals surface area contributed by atoms with E-state index < -0.39 is 0 Å². The summed E-state index contributed by atoms with van der Waals surface area (Å²) in [5.41, 5.74) is 1.35. The normalized spacial score (nSPS) is 16.8. The maximum atomic E-state index is 5.73. The summed E-state index contributed by atoms with van der Waals surface area (Å²) in [7, 11) is 0. The second kappa shape index (κ2) is 11.3. The first kappa shape index (κ1) is 18.1. The molecule has 2 nitrogen and oxygen atoms in total. The highest BCUT2D eigenvalue weighted by Gasteiger charge is 2.22. The first-order valence-electron chi connectivity index (χ1n) is 9.37. The fourth-order valence-corrected chi connectivity index (χ4v) is 2.67. The summed E-state index contributed by atoms with van der Waals surface area (Å²) >= 11 is 0. The van der Waals surface area contributed by atoms with E-state index in [0.29, 0.717) is 12.7 Å². The number of benzene rings is 1. The Bertz CT molecular complexity index is 449. The molecule has 1 aliphatic heterocycles. The molecule has 23 heavy (non-hydrogen) atoms. The van der Waals surface area contributed by atoms with Gasteiger partial charge in [-0.2, -0.15) is 0 Å². The van der Waals surface area contributed by atoms with Gasteiger partial charge in [-0.15, -0.1) is 0 Å². The van der Waals surface area contributed by atoms with Crippen LogP contribution in [0.1, 0.15) is 63.9 Å². The van der Waals surface area contributed by atoms with Crippen molar-refractivity contribution in [2.75, 3.05) is 13.2 Å². The van der Waals surface area contributed by atoms with Gasteiger partial charge in [0.05, 0.1) is 6.61 Å². The lowest BCUT2D eigenvalue weighted by atomic mass is 10.1. The van der Waals surface area contributed by atoms with Crippen molar-refractivity contribution in [1.29, 1.82) is 0 Å². The van der Waals surface area contributed by atoms with Gasteiger partial charge in [0.1, 0.15) is 18.5 Å². The number of hydrogen-bond acceptors (Lipinski definition) is 2. The van der Waals surface area contributed by atoms with Crippen LogP contribution in [0.3, 0.4) is 0 Å². The number of rotatable bonds is 13. The molecule has 0 bridgehead atoms. The van der Waals surface area contributed by atoms with E-state index in [1.54, 1.807) is 0 Å². The lowest BCUT2D eigenvalue weighted by Gasteiger charge is -2.06. The average molecular weight is 316 g/mol. The molecule has 0 aromatic heterocycles. The summed E-state index contributed by atoms with van der Waals surface area (Å²) in [6.07, 6.45) is 16.7. The van der Waals surface area contributed by atoms with Crippen LogP contribution < -0.4 is 4.74 Å². The van der Waals surface area contributed by atoms with E-state index in [2.05, 4.69) is 37.3 Å². The summed E-state index contributed by atoms with van der Waals surface area (Å²) in [6.45, 7) is 3.80. The Morgan fingerprint density at radius 1 is 1.09 bits per heavy atom. The first-order valence-corrected chi connectivity index (χ1v) is 9.37. The molecule has 1 aliphatic rings. The highest BCUT2D eigenvalue weighted by molar-refractivity contribution is 5.28. The van der Waals surface area contributed by atoms with Gasteiger partial charge in [0.15, 0.2) is 0 Å². The van der Waals surface area contributed by atoms with E-state index in [1.165, 1.54) is 50.5 Å². The van der Waals surface area contributed by atoms with Gasteiger partial charge in [0.2, 0.25) is 0 Å². The van der Waals surface area contributed by atoms with Crippen molar-refractivity contribution in [3.8, 4) is 5.75 Å². The lowest BCUT2D eigenvalue weighted by Crippen LogP contribution is -2.04. The van der Waals surface area contributed by atoms with Crippen LogP contribution >= 0.6 is 0 Å². The summed E-state index contributed by atoms with van der Waals surface area (Å²) in [4.78, 5) is 0. The zero-order chi connectivity index (χ0) is 16.2. The average Bonchev–Trinajstić information content (AvgIpc) is 3.39. The molecule has 1 atom stereocenters. The van der Waals surface area contributed by atoms with Crippen LogP contribution in [-0.4, -0.2) is 19.3 Å². The molecule has 1 heterocycles. The Labute approximate surface area is 141 Å². The van der Waals surface area contributed by atoms with Gasteiger partial charge in [-0.1, -0.05) is 63.3 Å². The summed E-state index contributed by atoms with van der Waals surface area (Å²) in [5.74, 6) is 0.967. The topological polar surface area (TPSA) is 21.8 Å². The van der Waals surface area contributed by atoms with Crippen molar-refractivity contribution >= 4 is 0 Å². The van der Waals surface area contributed by atoms with Crippen molar-refractivity contribution in [2.45, 2.75) is 70.8 Å². The molecule has 2 heteroatoms. The Morgan fingerprint density at radius 3 is 2.70 bits per heavy atom. The van der Waals surface area contributed by atoms with Crippen LogP contribution in [0, 0.1) is 0 Å². The van der Waals surface area contributed by atoms with Crippen LogP contribution in [0.5, 0.6) is 5.75 Å². The molecule has 1 saturated heterocycles. The summed E-state index contributed by atoms with van der Waals surface area (Å²) in [5, 5.41) is 0. The Balaban J connectivity index is 1.52. The van der Waals surface area contributed by atoms with Crippen LogP contribution in [0.4, 0.5) is 0 Å². The van der Waals surface area contributed by atoms with E-state index in [0.717, 1.165) is 25.2 Å². The fourth-order valence-electron chi connectivity index (χ4n) is 2.67. The molecule has 1 aromatic carbocycles. The molecule has 1 aromatic rings. The van der Waals surface area contributed by atoms with Crippen molar-refractivity contribution in [2.24, 2.45) is 0 Å². The maximum absolute atomic E-state index is 5.73. The number of epoxide rings is 1. The Hall–Kier alpha value is -1.28. The molecule has 0 amide bonds. The molecule has 2 rings (SSSR count). The van der Waals surface area contributed by atoms with E-state index in [1.807, 2.05) is 6.07 Å². The molecule has 0 radical (unpaired) electrons. The number of aryl methyl sites for hydroxylation is 1. The molecule has 0 aliphatic carbocycles. The van der Waals surface area contributed by atoms with E-state index in [4.69, 9.17) is 9.47 Å². The fraction of sp³-hybridized carbons (Fsp3) is 0.619. The predicted molar refractivity (Wildman–Crippen MR) is 97.1 cm³/mol. The molecule has 0 N–H and O–H groups in total. The highest BCUT2D eigenvalue weighted by atomic mass is 16.6. The number of unbranched alkanes of at least 4 members (excludes halogenated alkanes) is 6. The number of allylic oxidation sites excluding steroid dienone is 2. The molecule has 1 fully saturated rings. The smallest absolute Gasteiger partial charge is 0.119 e. The predicted octanol–water partition coefficient (Wildman–Crippen LogP) is 5.70. The summed E-state index contributed by atoms with van der Waals surface area (Å²) < 4.78 is 10.9. The number of ether oxygens (including phenoxy) is 2. The third-order valence-electron chi connectivity index (χ3n) is 4.23. The molecular weight excluding hydrogens is 284 g/mol. The van der Waals surface area contributed by atoms with Gasteiger partial charge >= 0.3 is 0 Å². The Kier molecular flexibility index (Phi) is 8.86. The zero-order valence-corrected chi connectivity index (χ0v) is 14.6. The lowest BCUT2D eigenvalue weighted by molar-refractivity contribution is 0.263. The van der Waals surface area contributed by atoms with E-state index >= 15 is 0 Å². The van der Waals surface area contributed by atoms with Crippen LogP contribution in [0.25, 0.3) is 0 Å². The largest absolute Gasteiger partial charge is 0.491 e. The molecule has 0 spiro atoms. The first-order chi connectivity index (χ1) is 11.4. The van der Waals surface area contributed by atoms with E-state index in [-0.39, 0.29) is 0 Å². The van der Waals surface area contributed by atoms with Gasteiger partial charge < -0.3 is 9.47 Å². The second-order valence-corrected chi connectivity index (χ2v) is 6.48. The highest BCUT2D eigenvalue weighted by Crippen LogP contribution is 2.17. The van der Waals surface area contributed by atoms with Gasteiger partial charge in [-0.05, 0) is 43.4 Å². The van der Waals surface area contributed by atoms with E-state index in [9.17, 15) is 0 Å². The maximum Gasteiger partial charge on any atom is 0.119 e. The third kappa shape index (κ3) is 8.80. The second-order valence-electron chi connectivity index (χ2n) is 6.48. The van der Waals surface area contributed by atoms with Crippen LogP contribution in [0.15, 0.2) is 36.4 Å². The minimum atomic E-state index is 0.323. The van der Waals surface area contributed by atoms with Gasteiger partial charge in [-0.25, -0.2) is 0 Å². The minimum absolute atomic E-state index is 0.323. The molecule has 128 valence electrons. The molecule has 1 unspecified atom stereocenters.